The normalized spacial score (nSPS) is 12.9. The molecule has 0 saturated heterocycles. The number of nitrogens with zero attached hydrogens (tertiary/aromatic N) is 3. The third-order valence-electron chi connectivity index (χ3n) is 2.13. The molecule has 0 saturated carbocycles. The van der Waals surface area contributed by atoms with Crippen LogP contribution in [-0.4, -0.2) is 24.6 Å². The second kappa shape index (κ2) is 6.55. The third kappa shape index (κ3) is 5.88. The van der Waals surface area contributed by atoms with Crippen molar-refractivity contribution in [2.45, 2.75) is 6.18 Å². The second-order valence-electron chi connectivity index (χ2n) is 4.08. The average molecular weight is 376 g/mol. The summed E-state index contributed by atoms with van der Waals surface area (Å²) >= 11 is 5.46. The fourth-order valence-electron chi connectivity index (χ4n) is 1.32. The van der Waals surface area contributed by atoms with Gasteiger partial charge in [0.05, 0.1) is 16.7 Å². The van der Waals surface area contributed by atoms with E-state index >= 15 is 0 Å². The van der Waals surface area contributed by atoms with Gasteiger partial charge in [-0.05, 0) is 12.1 Å². The van der Waals surface area contributed by atoms with Crippen LogP contribution in [0.3, 0.4) is 0 Å². The molecule has 0 aliphatic carbocycles. The van der Waals surface area contributed by atoms with Crippen molar-refractivity contribution >= 4 is 27.4 Å². The lowest BCUT2D eigenvalue weighted by Crippen LogP contribution is -2.40. The number of hydrogen-bond donors (Lipinski definition) is 2. The van der Waals surface area contributed by atoms with Crippen molar-refractivity contribution in [1.82, 2.24) is 9.71 Å². The average Bonchev–Trinajstić information content (AvgIpc) is 2.33. The molecular formula is C9H9ClF3N5O4S. The molecule has 1 heterocycles. The lowest BCUT2D eigenvalue weighted by molar-refractivity contribution is -0.403. The third-order valence-corrected chi connectivity index (χ3v) is 2.91. The number of nitrogens with one attached hydrogen (secondary N) is 1. The molecule has 0 radical (unpaired) electrons. The lowest BCUT2D eigenvalue weighted by atomic mass is 10.2. The summed E-state index contributed by atoms with van der Waals surface area (Å²) in [5.74, 6) is 3.93. The summed E-state index contributed by atoms with van der Waals surface area (Å²) in [5, 5.41) is 10.2. The molecule has 0 unspecified atom stereocenters. The van der Waals surface area contributed by atoms with Crippen molar-refractivity contribution in [1.29, 1.82) is 0 Å². The molecule has 9 nitrogen and oxygen atoms in total. The number of halogens is 4. The van der Waals surface area contributed by atoms with E-state index in [1.54, 1.807) is 4.72 Å². The zero-order chi connectivity index (χ0) is 18.0. The maximum absolute atomic E-state index is 12.7. The van der Waals surface area contributed by atoms with E-state index in [-0.39, 0.29) is 11.2 Å². The number of alkyl halides is 3. The van der Waals surface area contributed by atoms with Crippen LogP contribution in [0.4, 0.5) is 19.0 Å². The number of hydrazine groups is 1. The molecule has 0 aliphatic heterocycles. The number of nitrogens with two attached hydrogens (primary N) is 1. The Hall–Kier alpha value is -2.12. The second-order valence-corrected chi connectivity index (χ2v) is 6.21. The number of anilines is 1. The Bertz CT molecular complexity index is 752. The summed E-state index contributed by atoms with van der Waals surface area (Å²) in [6, 6.07) is 0.962. The van der Waals surface area contributed by atoms with Gasteiger partial charge in [-0.2, -0.15) is 13.2 Å². The zero-order valence-corrected chi connectivity index (χ0v) is 12.8. The van der Waals surface area contributed by atoms with Crippen LogP contribution in [0, 0.1) is 10.1 Å². The molecule has 0 amide bonds. The summed E-state index contributed by atoms with van der Waals surface area (Å²) in [5.41, 5.74) is -1.22. The maximum atomic E-state index is 12.7. The maximum Gasteiger partial charge on any atom is 0.416 e. The van der Waals surface area contributed by atoms with Gasteiger partial charge in [0.15, 0.2) is 5.82 Å². The van der Waals surface area contributed by atoms with Crippen molar-refractivity contribution in [2.75, 3.05) is 11.3 Å². The number of nitro groups is 1. The van der Waals surface area contributed by atoms with Gasteiger partial charge < -0.3 is 0 Å². The van der Waals surface area contributed by atoms with Crippen LogP contribution >= 0.6 is 11.6 Å². The molecule has 0 bridgehead atoms. The molecule has 0 atom stereocenters. The summed E-state index contributed by atoms with van der Waals surface area (Å²) in [4.78, 5) is 12.9. The molecule has 0 fully saturated rings. The number of aromatic nitrogens is 1. The Morgan fingerprint density at radius 1 is 1.52 bits per heavy atom. The molecule has 23 heavy (non-hydrogen) atoms. The number of hydrogen-bond acceptors (Lipinski definition) is 7. The van der Waals surface area contributed by atoms with Gasteiger partial charge in [-0.3, -0.25) is 14.8 Å². The number of rotatable bonds is 5. The predicted molar refractivity (Wildman–Crippen MR) is 74.0 cm³/mol. The van der Waals surface area contributed by atoms with Gasteiger partial charge in [0.2, 0.25) is 15.8 Å². The molecule has 1 rings (SSSR count). The topological polar surface area (TPSA) is 131 Å². The first-order chi connectivity index (χ1) is 10.3. The van der Waals surface area contributed by atoms with E-state index in [4.69, 9.17) is 17.4 Å². The molecule has 0 aliphatic rings. The smallest absolute Gasteiger partial charge is 0.263 e. The highest BCUT2D eigenvalue weighted by Crippen LogP contribution is 2.32. The fourth-order valence-corrected chi connectivity index (χ4v) is 2.06. The monoisotopic (exact) mass is 375 g/mol. The highest BCUT2D eigenvalue weighted by atomic mass is 35.5. The molecule has 14 heteroatoms. The Balaban J connectivity index is 3.37. The van der Waals surface area contributed by atoms with Gasteiger partial charge in [0, 0.05) is 0 Å². The number of sulfonamides is 1. The van der Waals surface area contributed by atoms with Crippen LogP contribution in [-0.2, 0) is 16.2 Å². The zero-order valence-electron chi connectivity index (χ0n) is 11.2. The highest BCUT2D eigenvalue weighted by Gasteiger charge is 2.32. The van der Waals surface area contributed by atoms with Crippen molar-refractivity contribution in [2.24, 2.45) is 5.84 Å². The van der Waals surface area contributed by atoms with Crippen molar-refractivity contribution in [3.63, 3.8) is 0 Å². The molecule has 3 N–H and O–H groups in total. The molecule has 1 aromatic heterocycles. The van der Waals surface area contributed by atoms with E-state index in [2.05, 4.69) is 4.98 Å². The lowest BCUT2D eigenvalue weighted by Gasteiger charge is -2.20. The minimum atomic E-state index is -4.78. The molecule has 0 aromatic carbocycles. The quantitative estimate of drug-likeness (QED) is 0.340. The van der Waals surface area contributed by atoms with Gasteiger partial charge >= 0.3 is 6.18 Å². The largest absolute Gasteiger partial charge is 0.416 e. The van der Waals surface area contributed by atoms with E-state index in [1.807, 2.05) is 0 Å². The summed E-state index contributed by atoms with van der Waals surface area (Å²) in [6.45, 7) is 0. The van der Waals surface area contributed by atoms with E-state index in [0.29, 0.717) is 18.4 Å². The highest BCUT2D eigenvalue weighted by molar-refractivity contribution is 7.88. The van der Waals surface area contributed by atoms with Crippen molar-refractivity contribution in [3.8, 4) is 0 Å². The van der Waals surface area contributed by atoms with Gasteiger partial charge in [-0.15, -0.1) is 0 Å². The Morgan fingerprint density at radius 2 is 2.09 bits per heavy atom. The Kier molecular flexibility index (Phi) is 5.39. The van der Waals surface area contributed by atoms with Crippen molar-refractivity contribution < 1.29 is 26.5 Å². The first-order valence-electron chi connectivity index (χ1n) is 5.42. The summed E-state index contributed by atoms with van der Waals surface area (Å²) < 4.78 is 62.2. The fraction of sp³-hybridized carbons (Fsp3) is 0.222. The summed E-state index contributed by atoms with van der Waals surface area (Å²) in [7, 11) is -4.00. The molecular weight excluding hydrogens is 367 g/mol. The van der Waals surface area contributed by atoms with Gasteiger partial charge in [0.25, 0.3) is 6.20 Å². The SMILES string of the molecule is CS(=O)(=O)NC(=C[N+](=O)[O-])N(N)c1cc(C(F)(F)F)cc(Cl)n1. The van der Waals surface area contributed by atoms with E-state index in [0.717, 1.165) is 0 Å². The number of pyridine rings is 1. The predicted octanol–water partition coefficient (Wildman–Crippen LogP) is 1.06. The van der Waals surface area contributed by atoms with Crippen molar-refractivity contribution in [3.05, 3.63) is 45.0 Å². The minimum Gasteiger partial charge on any atom is -0.263 e. The standard InChI is InChI=1S/C9H9ClF3N5O4S/c1-23(21,22)16-8(4-17(19)20)18(14)7-3-5(9(11,12)13)2-6(10)15-7/h2-4,16H,14H2,1H3. The molecule has 0 spiro atoms. The first kappa shape index (κ1) is 18.9. The van der Waals surface area contributed by atoms with Crippen LogP contribution < -0.4 is 15.6 Å². The van der Waals surface area contributed by atoms with Crippen LogP contribution in [0.15, 0.2) is 24.2 Å². The Labute approximate surface area is 132 Å². The molecule has 128 valence electrons. The molecule has 1 aromatic rings. The van der Waals surface area contributed by atoms with Gasteiger partial charge in [-0.1, -0.05) is 11.6 Å². The minimum absolute atomic E-state index is 0.150. The van der Waals surface area contributed by atoms with E-state index < -0.39 is 43.5 Å². The van der Waals surface area contributed by atoms with Gasteiger partial charge in [-0.25, -0.2) is 24.3 Å². The Morgan fingerprint density at radius 3 is 2.52 bits per heavy atom. The van der Waals surface area contributed by atoms with Crippen LogP contribution in [0.1, 0.15) is 5.56 Å². The van der Waals surface area contributed by atoms with Crippen LogP contribution in [0.5, 0.6) is 0 Å². The van der Waals surface area contributed by atoms with Crippen LogP contribution in [0.2, 0.25) is 5.15 Å². The van der Waals surface area contributed by atoms with Crippen LogP contribution in [0.25, 0.3) is 0 Å². The van der Waals surface area contributed by atoms with E-state index in [9.17, 15) is 31.7 Å². The van der Waals surface area contributed by atoms with Gasteiger partial charge in [0.1, 0.15) is 5.15 Å². The van der Waals surface area contributed by atoms with E-state index in [1.165, 1.54) is 0 Å². The first-order valence-corrected chi connectivity index (χ1v) is 7.69. The summed E-state index contributed by atoms with van der Waals surface area (Å²) in [6.07, 6.45) is -3.96.